The number of pyridine rings is 1. The van der Waals surface area contributed by atoms with Gasteiger partial charge in [-0.3, -0.25) is 9.36 Å². The van der Waals surface area contributed by atoms with Gasteiger partial charge < -0.3 is 9.64 Å². The zero-order chi connectivity index (χ0) is 19.1. The minimum atomic E-state index is -0.345. The molecule has 1 aliphatic heterocycles. The van der Waals surface area contributed by atoms with Crippen molar-refractivity contribution in [2.24, 2.45) is 14.1 Å². The molecule has 1 unspecified atom stereocenters. The van der Waals surface area contributed by atoms with Gasteiger partial charge in [-0.1, -0.05) is 0 Å². The van der Waals surface area contributed by atoms with E-state index in [1.54, 1.807) is 10.9 Å². The number of hydrogen-bond donors (Lipinski definition) is 0. The van der Waals surface area contributed by atoms with E-state index in [0.717, 1.165) is 47.4 Å². The van der Waals surface area contributed by atoms with Crippen LogP contribution < -0.4 is 4.90 Å². The number of aromatic nitrogens is 5. The number of rotatable bonds is 4. The molecule has 0 saturated carbocycles. The Morgan fingerprint density at radius 2 is 2.15 bits per heavy atom. The molecule has 3 aromatic heterocycles. The zero-order valence-corrected chi connectivity index (χ0v) is 16.1. The van der Waals surface area contributed by atoms with Gasteiger partial charge in [0.15, 0.2) is 5.65 Å². The van der Waals surface area contributed by atoms with Crippen LogP contribution in [0.25, 0.3) is 11.0 Å². The fourth-order valence-corrected chi connectivity index (χ4v) is 4.04. The first-order chi connectivity index (χ1) is 13.0. The molecule has 0 aromatic carbocycles. The van der Waals surface area contributed by atoms with E-state index < -0.39 is 0 Å². The number of carbonyl (C=O) groups excluding carboxylic acids is 1. The van der Waals surface area contributed by atoms with Crippen molar-refractivity contribution in [1.82, 2.24) is 24.5 Å². The second kappa shape index (κ2) is 6.68. The number of hydrogen-bond acceptors (Lipinski definition) is 6. The zero-order valence-electron chi connectivity index (χ0n) is 16.1. The highest BCUT2D eigenvalue weighted by Gasteiger charge is 2.33. The highest BCUT2D eigenvalue weighted by atomic mass is 16.5. The third-order valence-electron chi connectivity index (χ3n) is 5.14. The third-order valence-corrected chi connectivity index (χ3v) is 5.14. The van der Waals surface area contributed by atoms with Crippen molar-refractivity contribution in [2.75, 3.05) is 18.1 Å². The van der Waals surface area contributed by atoms with Crippen LogP contribution in [-0.2, 0) is 18.8 Å². The van der Waals surface area contributed by atoms with Crippen molar-refractivity contribution in [2.45, 2.75) is 32.7 Å². The summed E-state index contributed by atoms with van der Waals surface area (Å²) in [5.74, 6) is -0.345. The minimum absolute atomic E-state index is 0.164. The van der Waals surface area contributed by atoms with Crippen molar-refractivity contribution < 1.29 is 9.53 Å². The first-order valence-electron chi connectivity index (χ1n) is 9.25. The predicted molar refractivity (Wildman–Crippen MR) is 102 cm³/mol. The number of anilines is 1. The van der Waals surface area contributed by atoms with E-state index in [1.165, 1.54) is 0 Å². The Bertz CT molecular complexity index is 1010. The van der Waals surface area contributed by atoms with Crippen LogP contribution >= 0.6 is 0 Å². The number of aryl methyl sites for hydroxylation is 3. The Hall–Kier alpha value is -2.90. The van der Waals surface area contributed by atoms with Gasteiger partial charge in [0.25, 0.3) is 0 Å². The summed E-state index contributed by atoms with van der Waals surface area (Å²) >= 11 is 0. The quantitative estimate of drug-likeness (QED) is 0.659. The van der Waals surface area contributed by atoms with Gasteiger partial charge in [0.05, 0.1) is 35.6 Å². The maximum absolute atomic E-state index is 12.7. The monoisotopic (exact) mass is 368 g/mol. The fourth-order valence-electron chi connectivity index (χ4n) is 4.04. The molecule has 1 fully saturated rings. The Morgan fingerprint density at radius 3 is 2.85 bits per heavy atom. The molecule has 1 atom stereocenters. The van der Waals surface area contributed by atoms with Crippen LogP contribution in [0.15, 0.2) is 18.6 Å². The van der Waals surface area contributed by atoms with E-state index in [0.29, 0.717) is 12.2 Å². The van der Waals surface area contributed by atoms with Crippen molar-refractivity contribution in [3.05, 3.63) is 35.4 Å². The van der Waals surface area contributed by atoms with E-state index in [9.17, 15) is 4.79 Å². The Balaban J connectivity index is 1.92. The van der Waals surface area contributed by atoms with Crippen molar-refractivity contribution >= 4 is 22.7 Å². The second-order valence-corrected chi connectivity index (χ2v) is 6.95. The summed E-state index contributed by atoms with van der Waals surface area (Å²) < 4.78 is 8.90. The number of nitrogens with zero attached hydrogens (tertiary/aromatic N) is 6. The number of ether oxygens (including phenoxy) is 1. The van der Waals surface area contributed by atoms with Crippen molar-refractivity contribution in [3.63, 3.8) is 0 Å². The van der Waals surface area contributed by atoms with E-state index in [-0.39, 0.29) is 12.0 Å². The molecule has 1 aliphatic rings. The number of fused-ring (bicyclic) bond motifs is 1. The lowest BCUT2D eigenvalue weighted by Gasteiger charge is -2.28. The van der Waals surface area contributed by atoms with E-state index in [1.807, 2.05) is 45.0 Å². The van der Waals surface area contributed by atoms with E-state index in [4.69, 9.17) is 4.74 Å². The minimum Gasteiger partial charge on any atom is -0.462 e. The largest absolute Gasteiger partial charge is 0.462 e. The average Bonchev–Trinajstić information content (AvgIpc) is 3.34. The van der Waals surface area contributed by atoms with Gasteiger partial charge in [-0.15, -0.1) is 0 Å². The fraction of sp³-hybridized carbons (Fsp3) is 0.474. The van der Waals surface area contributed by atoms with Crippen LogP contribution in [-0.4, -0.2) is 43.7 Å². The molecular formula is C19H24N6O2. The molecule has 0 radical (unpaired) electrons. The average molecular weight is 368 g/mol. The summed E-state index contributed by atoms with van der Waals surface area (Å²) in [6.07, 6.45) is 7.63. The molecular weight excluding hydrogens is 344 g/mol. The lowest BCUT2D eigenvalue weighted by molar-refractivity contribution is 0.0526. The molecule has 4 rings (SSSR count). The Labute approximate surface area is 157 Å². The van der Waals surface area contributed by atoms with Crippen LogP contribution in [0.1, 0.15) is 47.4 Å². The maximum Gasteiger partial charge on any atom is 0.341 e. The lowest BCUT2D eigenvalue weighted by Crippen LogP contribution is -2.25. The third kappa shape index (κ3) is 2.85. The maximum atomic E-state index is 12.7. The highest BCUT2D eigenvalue weighted by Crippen LogP contribution is 2.41. The molecule has 8 nitrogen and oxygen atoms in total. The van der Waals surface area contributed by atoms with E-state index in [2.05, 4.69) is 20.1 Å². The predicted octanol–water partition coefficient (Wildman–Crippen LogP) is 2.53. The summed E-state index contributed by atoms with van der Waals surface area (Å²) in [4.78, 5) is 19.5. The van der Waals surface area contributed by atoms with Gasteiger partial charge in [-0.2, -0.15) is 10.2 Å². The molecule has 142 valence electrons. The van der Waals surface area contributed by atoms with Gasteiger partial charge in [-0.05, 0) is 26.7 Å². The molecule has 0 amide bonds. The standard InChI is InChI=1S/C19H24N6O2/c1-5-27-19(26)14-10-20-18-16(12(2)22-24(18)4)17(14)25-8-6-7-15(25)13-9-21-23(3)11-13/h9-11,15H,5-8H2,1-4H3. The lowest BCUT2D eigenvalue weighted by atomic mass is 10.1. The normalized spacial score (nSPS) is 17.0. The molecule has 8 heteroatoms. The molecule has 0 aliphatic carbocycles. The second-order valence-electron chi connectivity index (χ2n) is 6.95. The van der Waals surface area contributed by atoms with Gasteiger partial charge in [-0.25, -0.2) is 9.78 Å². The number of esters is 1. The molecule has 0 bridgehead atoms. The molecule has 3 aromatic rings. The number of carbonyl (C=O) groups is 1. The van der Waals surface area contributed by atoms with Crippen LogP contribution in [0.5, 0.6) is 0 Å². The summed E-state index contributed by atoms with van der Waals surface area (Å²) in [6, 6.07) is 0.164. The van der Waals surface area contributed by atoms with Crippen LogP contribution in [0.2, 0.25) is 0 Å². The van der Waals surface area contributed by atoms with Gasteiger partial charge in [0.1, 0.15) is 5.56 Å². The summed E-state index contributed by atoms with van der Waals surface area (Å²) in [5, 5.41) is 9.77. The molecule has 0 N–H and O–H groups in total. The summed E-state index contributed by atoms with van der Waals surface area (Å²) in [7, 11) is 3.79. The van der Waals surface area contributed by atoms with Gasteiger partial charge in [0.2, 0.25) is 0 Å². The summed E-state index contributed by atoms with van der Waals surface area (Å²) in [6.45, 7) is 4.96. The topological polar surface area (TPSA) is 78.1 Å². The van der Waals surface area contributed by atoms with E-state index >= 15 is 0 Å². The molecule has 27 heavy (non-hydrogen) atoms. The first-order valence-corrected chi connectivity index (χ1v) is 9.25. The Kier molecular flexibility index (Phi) is 4.33. The smallest absolute Gasteiger partial charge is 0.341 e. The Morgan fingerprint density at radius 1 is 1.33 bits per heavy atom. The van der Waals surface area contributed by atoms with Crippen LogP contribution in [0, 0.1) is 6.92 Å². The summed E-state index contributed by atoms with van der Waals surface area (Å²) in [5.41, 5.74) is 4.15. The van der Waals surface area contributed by atoms with Gasteiger partial charge in [0, 0.05) is 38.6 Å². The van der Waals surface area contributed by atoms with Crippen molar-refractivity contribution in [3.8, 4) is 0 Å². The SMILES string of the molecule is CCOC(=O)c1cnc2c(c(C)nn2C)c1N1CCCC1c1cnn(C)c1. The highest BCUT2D eigenvalue weighted by molar-refractivity contribution is 6.05. The molecule has 0 spiro atoms. The first kappa shape index (κ1) is 17.5. The van der Waals surface area contributed by atoms with Gasteiger partial charge >= 0.3 is 5.97 Å². The van der Waals surface area contributed by atoms with Crippen LogP contribution in [0.3, 0.4) is 0 Å². The van der Waals surface area contributed by atoms with Crippen molar-refractivity contribution in [1.29, 1.82) is 0 Å². The molecule has 1 saturated heterocycles. The molecule has 4 heterocycles. The van der Waals surface area contributed by atoms with Crippen LogP contribution in [0.4, 0.5) is 5.69 Å².